The van der Waals surface area contributed by atoms with Gasteiger partial charge >= 0.3 is 0 Å². The van der Waals surface area contributed by atoms with Crippen LogP contribution < -0.4 is 5.73 Å². The van der Waals surface area contributed by atoms with Gasteiger partial charge < -0.3 is 5.73 Å². The fourth-order valence-electron chi connectivity index (χ4n) is 3.48. The topological polar surface area (TPSA) is 56.0 Å². The summed E-state index contributed by atoms with van der Waals surface area (Å²) in [4.78, 5) is 19.1. The standard InChI is InChI=1S/C20H18Cl2N2OS/c21-12-7-8-13(15(22)10-12)18(25)19-17(23)14-9-11-5-3-1-2-4-6-16(11)24-20(14)26-19/h7-10H,1-6,23H2. The van der Waals surface area contributed by atoms with Crippen LogP contribution in [0.15, 0.2) is 24.3 Å². The number of thiophene rings is 1. The third-order valence-electron chi connectivity index (χ3n) is 4.88. The van der Waals surface area contributed by atoms with Crippen molar-refractivity contribution in [2.75, 3.05) is 5.73 Å². The molecule has 0 atom stereocenters. The average molecular weight is 405 g/mol. The summed E-state index contributed by atoms with van der Waals surface area (Å²) in [5.74, 6) is -0.181. The summed E-state index contributed by atoms with van der Waals surface area (Å²) in [6, 6.07) is 7.01. The summed E-state index contributed by atoms with van der Waals surface area (Å²) in [6.07, 6.45) is 6.88. The van der Waals surface area contributed by atoms with Gasteiger partial charge in [0, 0.05) is 21.7 Å². The number of hydrogen-bond acceptors (Lipinski definition) is 4. The third-order valence-corrected chi connectivity index (χ3v) is 6.54. The Kier molecular flexibility index (Phi) is 4.91. The maximum Gasteiger partial charge on any atom is 0.206 e. The van der Waals surface area contributed by atoms with Crippen LogP contribution in [0.4, 0.5) is 5.69 Å². The van der Waals surface area contributed by atoms with E-state index in [2.05, 4.69) is 6.07 Å². The van der Waals surface area contributed by atoms with Crippen LogP contribution in [0.2, 0.25) is 10.0 Å². The molecule has 134 valence electrons. The zero-order valence-corrected chi connectivity index (χ0v) is 16.5. The van der Waals surface area contributed by atoms with Gasteiger partial charge in [-0.3, -0.25) is 4.79 Å². The fourth-order valence-corrected chi connectivity index (χ4v) is 5.02. The summed E-state index contributed by atoms with van der Waals surface area (Å²) in [5, 5.41) is 1.71. The van der Waals surface area contributed by atoms with Crippen molar-refractivity contribution in [3.8, 4) is 0 Å². The van der Waals surface area contributed by atoms with Gasteiger partial charge in [0.1, 0.15) is 9.71 Å². The number of pyridine rings is 1. The number of aryl methyl sites for hydroxylation is 2. The highest BCUT2D eigenvalue weighted by Gasteiger charge is 2.22. The number of halogens is 2. The van der Waals surface area contributed by atoms with Crippen molar-refractivity contribution in [3.05, 3.63) is 56.0 Å². The molecule has 0 amide bonds. The number of hydrogen-bond donors (Lipinski definition) is 1. The van der Waals surface area contributed by atoms with Crippen molar-refractivity contribution in [2.45, 2.75) is 38.5 Å². The molecule has 6 heteroatoms. The Morgan fingerprint density at radius 3 is 2.62 bits per heavy atom. The average Bonchev–Trinajstić information content (AvgIpc) is 2.90. The minimum absolute atomic E-state index is 0.181. The summed E-state index contributed by atoms with van der Waals surface area (Å²) in [6.45, 7) is 0. The molecule has 0 radical (unpaired) electrons. The van der Waals surface area contributed by atoms with Gasteiger partial charge in [0.2, 0.25) is 5.78 Å². The lowest BCUT2D eigenvalue weighted by Gasteiger charge is -2.12. The number of benzene rings is 1. The number of ketones is 1. The highest BCUT2D eigenvalue weighted by atomic mass is 35.5. The quantitative estimate of drug-likeness (QED) is 0.526. The number of nitrogens with zero attached hydrogens (tertiary/aromatic N) is 1. The van der Waals surface area contributed by atoms with Crippen molar-refractivity contribution >= 4 is 56.2 Å². The van der Waals surface area contributed by atoms with Crippen molar-refractivity contribution in [3.63, 3.8) is 0 Å². The number of nitrogen functional groups attached to an aromatic ring is 1. The van der Waals surface area contributed by atoms with Gasteiger partial charge in [-0.05, 0) is 55.5 Å². The first-order valence-electron chi connectivity index (χ1n) is 8.75. The molecule has 0 aliphatic heterocycles. The molecule has 4 rings (SSSR count). The summed E-state index contributed by atoms with van der Waals surface area (Å²) in [5.41, 5.74) is 9.67. The first-order chi connectivity index (χ1) is 12.5. The lowest BCUT2D eigenvalue weighted by atomic mass is 9.96. The molecule has 2 N–H and O–H groups in total. The lowest BCUT2D eigenvalue weighted by molar-refractivity contribution is 0.104. The van der Waals surface area contributed by atoms with E-state index in [1.807, 2.05) is 0 Å². The summed E-state index contributed by atoms with van der Waals surface area (Å²) in [7, 11) is 0. The van der Waals surface area contributed by atoms with Crippen LogP contribution in [0.1, 0.15) is 52.2 Å². The van der Waals surface area contributed by atoms with Crippen LogP contribution in [-0.2, 0) is 12.8 Å². The van der Waals surface area contributed by atoms with Gasteiger partial charge in [0.15, 0.2) is 0 Å². The van der Waals surface area contributed by atoms with E-state index in [9.17, 15) is 4.79 Å². The van der Waals surface area contributed by atoms with E-state index in [4.69, 9.17) is 33.9 Å². The Hall–Kier alpha value is -1.62. The lowest BCUT2D eigenvalue weighted by Crippen LogP contribution is -2.03. The second kappa shape index (κ2) is 7.18. The molecule has 0 saturated carbocycles. The molecule has 1 aliphatic carbocycles. The van der Waals surface area contributed by atoms with Crippen LogP contribution in [0.5, 0.6) is 0 Å². The molecule has 0 bridgehead atoms. The monoisotopic (exact) mass is 404 g/mol. The molecular formula is C20H18Cl2N2OS. The third kappa shape index (κ3) is 3.22. The van der Waals surface area contributed by atoms with Gasteiger partial charge in [-0.25, -0.2) is 4.98 Å². The number of anilines is 1. The van der Waals surface area contributed by atoms with Crippen LogP contribution in [0, 0.1) is 0 Å². The van der Waals surface area contributed by atoms with E-state index in [-0.39, 0.29) is 5.78 Å². The molecule has 1 aromatic carbocycles. The van der Waals surface area contributed by atoms with E-state index in [1.165, 1.54) is 42.6 Å². The van der Waals surface area contributed by atoms with Gasteiger partial charge in [-0.15, -0.1) is 11.3 Å². The largest absolute Gasteiger partial charge is 0.397 e. The van der Waals surface area contributed by atoms with E-state index in [1.54, 1.807) is 18.2 Å². The maximum atomic E-state index is 13.0. The van der Waals surface area contributed by atoms with E-state index < -0.39 is 0 Å². The first kappa shape index (κ1) is 17.8. The molecule has 3 nitrogen and oxygen atoms in total. The number of carbonyl (C=O) groups is 1. The van der Waals surface area contributed by atoms with Crippen molar-refractivity contribution in [2.24, 2.45) is 0 Å². The maximum absolute atomic E-state index is 13.0. The molecule has 2 heterocycles. The second-order valence-electron chi connectivity index (χ2n) is 6.66. The molecule has 0 unspecified atom stereocenters. The molecule has 0 spiro atoms. The minimum atomic E-state index is -0.181. The van der Waals surface area contributed by atoms with Crippen molar-refractivity contribution in [1.82, 2.24) is 4.98 Å². The normalized spacial score (nSPS) is 14.7. The van der Waals surface area contributed by atoms with Crippen molar-refractivity contribution < 1.29 is 4.79 Å². The number of rotatable bonds is 2. The zero-order chi connectivity index (χ0) is 18.3. The van der Waals surface area contributed by atoms with Crippen molar-refractivity contribution in [1.29, 1.82) is 0 Å². The van der Waals surface area contributed by atoms with Crippen LogP contribution in [-0.4, -0.2) is 10.8 Å². The number of carbonyl (C=O) groups excluding carboxylic acids is 1. The van der Waals surface area contributed by atoms with E-state index in [0.717, 1.165) is 28.8 Å². The Labute approximate surface area is 166 Å². The Balaban J connectivity index is 1.81. The summed E-state index contributed by atoms with van der Waals surface area (Å²) < 4.78 is 0. The van der Waals surface area contributed by atoms with E-state index >= 15 is 0 Å². The van der Waals surface area contributed by atoms with Crippen LogP contribution >= 0.6 is 34.5 Å². The Bertz CT molecular complexity index is 1010. The number of fused-ring (bicyclic) bond motifs is 2. The minimum Gasteiger partial charge on any atom is -0.397 e. The SMILES string of the molecule is Nc1c(C(=O)c2ccc(Cl)cc2Cl)sc2nc3c(cc12)CCCCCC3. The van der Waals surface area contributed by atoms with E-state index in [0.29, 0.717) is 26.2 Å². The molecule has 3 aromatic rings. The van der Waals surface area contributed by atoms with Gasteiger partial charge in [-0.1, -0.05) is 36.0 Å². The van der Waals surface area contributed by atoms with Gasteiger partial charge in [-0.2, -0.15) is 0 Å². The Morgan fingerprint density at radius 1 is 1.08 bits per heavy atom. The molecule has 1 aliphatic rings. The number of nitrogens with two attached hydrogens (primary N) is 1. The smallest absolute Gasteiger partial charge is 0.206 e. The predicted molar refractivity (Wildman–Crippen MR) is 110 cm³/mol. The zero-order valence-electron chi connectivity index (χ0n) is 14.1. The Morgan fingerprint density at radius 2 is 1.85 bits per heavy atom. The number of aromatic nitrogens is 1. The molecule has 26 heavy (non-hydrogen) atoms. The molecule has 0 fully saturated rings. The highest BCUT2D eigenvalue weighted by Crippen LogP contribution is 2.37. The fraction of sp³-hybridized carbons (Fsp3) is 0.300. The molecule has 0 saturated heterocycles. The van der Waals surface area contributed by atoms with Gasteiger partial charge in [0.05, 0.1) is 10.7 Å². The van der Waals surface area contributed by atoms with Crippen LogP contribution in [0.3, 0.4) is 0 Å². The predicted octanol–water partition coefficient (Wildman–Crippen LogP) is 6.08. The highest BCUT2D eigenvalue weighted by molar-refractivity contribution is 7.21. The van der Waals surface area contributed by atoms with Crippen LogP contribution in [0.25, 0.3) is 10.2 Å². The molecular weight excluding hydrogens is 387 g/mol. The molecule has 2 aromatic heterocycles. The first-order valence-corrected chi connectivity index (χ1v) is 10.3. The van der Waals surface area contributed by atoms with Gasteiger partial charge in [0.25, 0.3) is 0 Å². The second-order valence-corrected chi connectivity index (χ2v) is 8.50. The summed E-state index contributed by atoms with van der Waals surface area (Å²) >= 11 is 13.5.